The van der Waals surface area contributed by atoms with Gasteiger partial charge in [-0.15, -0.1) is 0 Å². The second-order valence-electron chi connectivity index (χ2n) is 5.94. The van der Waals surface area contributed by atoms with Crippen LogP contribution in [0.4, 0.5) is 5.69 Å². The molecule has 0 saturated carbocycles. The van der Waals surface area contributed by atoms with Gasteiger partial charge in [-0.05, 0) is 55.0 Å². The van der Waals surface area contributed by atoms with Gasteiger partial charge in [0.05, 0.1) is 11.5 Å². The molecule has 1 amide bonds. The van der Waals surface area contributed by atoms with Crippen LogP contribution in [0, 0.1) is 0 Å². The highest BCUT2D eigenvalue weighted by Crippen LogP contribution is 2.18. The Balaban J connectivity index is 2.00. The zero-order valence-corrected chi connectivity index (χ0v) is 17.2. The summed E-state index contributed by atoms with van der Waals surface area (Å²) in [6, 6.07) is 13.6. The number of rotatable bonds is 9. The number of benzene rings is 2. The van der Waals surface area contributed by atoms with Gasteiger partial charge >= 0.3 is 0 Å². The van der Waals surface area contributed by atoms with Crippen LogP contribution >= 0.6 is 0 Å². The number of amides is 1. The van der Waals surface area contributed by atoms with Crippen molar-refractivity contribution in [2.45, 2.75) is 25.7 Å². The average molecular weight is 403 g/mol. The third kappa shape index (κ3) is 5.68. The lowest BCUT2D eigenvalue weighted by atomic mass is 10.2. The van der Waals surface area contributed by atoms with Gasteiger partial charge in [0.2, 0.25) is 15.9 Å². The largest absolute Gasteiger partial charge is 0.494 e. The van der Waals surface area contributed by atoms with Gasteiger partial charge in [-0.3, -0.25) is 4.79 Å². The molecule has 0 aliphatic carbocycles. The molecule has 6 nitrogen and oxygen atoms in total. The zero-order valence-electron chi connectivity index (χ0n) is 16.4. The van der Waals surface area contributed by atoms with Gasteiger partial charge in [0, 0.05) is 24.9 Å². The Labute approximate surface area is 166 Å². The standard InChI is InChI=1S/C21H26N2O4S/c1-4-23(5-2)28(25,26)20-14-10-18(11-15-20)22-21(24)16-9-17-7-12-19(13-8-17)27-6-3/h7-16H,4-6H2,1-3H3,(H,22,24)/b16-9+. The Kier molecular flexibility index (Phi) is 7.78. The second kappa shape index (κ2) is 10.1. The van der Waals surface area contributed by atoms with Crippen LogP contribution < -0.4 is 10.1 Å². The first-order chi connectivity index (χ1) is 13.4. The summed E-state index contributed by atoms with van der Waals surface area (Å²) in [5.74, 6) is 0.483. The molecular formula is C21H26N2O4S. The van der Waals surface area contributed by atoms with Crippen molar-refractivity contribution < 1.29 is 17.9 Å². The van der Waals surface area contributed by atoms with E-state index >= 15 is 0 Å². The van der Waals surface area contributed by atoms with E-state index in [1.54, 1.807) is 32.1 Å². The molecule has 2 rings (SSSR count). The quantitative estimate of drug-likeness (QED) is 0.648. The fourth-order valence-electron chi connectivity index (χ4n) is 2.62. The summed E-state index contributed by atoms with van der Waals surface area (Å²) in [6.45, 7) is 6.94. The van der Waals surface area contributed by atoms with Crippen LogP contribution in [0.25, 0.3) is 6.08 Å². The van der Waals surface area contributed by atoms with E-state index < -0.39 is 10.0 Å². The number of anilines is 1. The van der Waals surface area contributed by atoms with Gasteiger partial charge < -0.3 is 10.1 Å². The minimum absolute atomic E-state index is 0.208. The number of nitrogens with zero attached hydrogens (tertiary/aromatic N) is 1. The average Bonchev–Trinajstić information content (AvgIpc) is 2.69. The van der Waals surface area contributed by atoms with Crippen LogP contribution in [0.2, 0.25) is 0 Å². The van der Waals surface area contributed by atoms with Crippen LogP contribution in [0.5, 0.6) is 5.75 Å². The Hall–Kier alpha value is -2.64. The lowest BCUT2D eigenvalue weighted by Crippen LogP contribution is -2.30. The van der Waals surface area contributed by atoms with Crippen molar-refractivity contribution in [3.8, 4) is 5.75 Å². The van der Waals surface area contributed by atoms with Crippen molar-refractivity contribution in [1.82, 2.24) is 4.31 Å². The number of carbonyl (C=O) groups is 1. The third-order valence-electron chi connectivity index (χ3n) is 4.08. The molecule has 0 unspecified atom stereocenters. The van der Waals surface area contributed by atoms with Gasteiger partial charge in [-0.1, -0.05) is 26.0 Å². The molecule has 2 aromatic rings. The van der Waals surface area contributed by atoms with Gasteiger partial charge in [0.25, 0.3) is 0 Å². The molecule has 0 bridgehead atoms. The van der Waals surface area contributed by atoms with Gasteiger partial charge in [0.15, 0.2) is 0 Å². The molecule has 0 aliphatic heterocycles. The molecule has 0 aromatic heterocycles. The van der Waals surface area contributed by atoms with Crippen LogP contribution in [-0.2, 0) is 14.8 Å². The third-order valence-corrected chi connectivity index (χ3v) is 6.15. The first-order valence-corrected chi connectivity index (χ1v) is 10.7. The van der Waals surface area contributed by atoms with E-state index in [1.807, 2.05) is 31.2 Å². The minimum atomic E-state index is -3.50. The van der Waals surface area contributed by atoms with Crippen molar-refractivity contribution in [3.63, 3.8) is 0 Å². The maximum atomic E-state index is 12.5. The van der Waals surface area contributed by atoms with E-state index in [2.05, 4.69) is 5.32 Å². The fraction of sp³-hybridized carbons (Fsp3) is 0.286. The predicted molar refractivity (Wildman–Crippen MR) is 112 cm³/mol. The normalized spacial score (nSPS) is 11.7. The summed E-state index contributed by atoms with van der Waals surface area (Å²) in [4.78, 5) is 12.3. The molecule has 28 heavy (non-hydrogen) atoms. The van der Waals surface area contributed by atoms with E-state index in [0.29, 0.717) is 25.4 Å². The van der Waals surface area contributed by atoms with Crippen LogP contribution in [0.1, 0.15) is 26.3 Å². The number of hydrogen-bond acceptors (Lipinski definition) is 4. The van der Waals surface area contributed by atoms with Crippen LogP contribution in [-0.4, -0.2) is 38.3 Å². The molecule has 0 atom stereocenters. The zero-order chi connectivity index (χ0) is 20.6. The highest BCUT2D eigenvalue weighted by atomic mass is 32.2. The molecule has 150 valence electrons. The Morgan fingerprint density at radius 2 is 1.61 bits per heavy atom. The van der Waals surface area contributed by atoms with Crippen molar-refractivity contribution >= 4 is 27.7 Å². The molecule has 0 saturated heterocycles. The van der Waals surface area contributed by atoms with E-state index in [-0.39, 0.29) is 10.8 Å². The molecule has 0 spiro atoms. The summed E-state index contributed by atoms with van der Waals surface area (Å²) in [5, 5.41) is 2.72. The fourth-order valence-corrected chi connectivity index (χ4v) is 4.08. The summed E-state index contributed by atoms with van der Waals surface area (Å²) >= 11 is 0. The van der Waals surface area contributed by atoms with Gasteiger partial charge in [-0.25, -0.2) is 8.42 Å². The molecule has 0 radical (unpaired) electrons. The Bertz CT molecular complexity index is 900. The summed E-state index contributed by atoms with van der Waals surface area (Å²) in [5.41, 5.74) is 1.40. The Morgan fingerprint density at radius 3 is 2.14 bits per heavy atom. The second-order valence-corrected chi connectivity index (χ2v) is 7.88. The lowest BCUT2D eigenvalue weighted by Gasteiger charge is -2.18. The number of carbonyl (C=O) groups excluding carboxylic acids is 1. The number of ether oxygens (including phenoxy) is 1. The molecule has 0 fully saturated rings. The monoisotopic (exact) mass is 402 g/mol. The van der Waals surface area contributed by atoms with Crippen molar-refractivity contribution in [3.05, 3.63) is 60.2 Å². The van der Waals surface area contributed by atoms with E-state index in [0.717, 1.165) is 11.3 Å². The summed E-state index contributed by atoms with van der Waals surface area (Å²) in [7, 11) is -3.50. The lowest BCUT2D eigenvalue weighted by molar-refractivity contribution is -0.111. The van der Waals surface area contributed by atoms with E-state index in [9.17, 15) is 13.2 Å². The number of hydrogen-bond donors (Lipinski definition) is 1. The first-order valence-electron chi connectivity index (χ1n) is 9.22. The minimum Gasteiger partial charge on any atom is -0.494 e. The molecule has 0 aliphatic rings. The number of nitrogens with one attached hydrogen (secondary N) is 1. The molecule has 2 aromatic carbocycles. The summed E-state index contributed by atoms with van der Waals surface area (Å²) < 4.78 is 31.7. The van der Waals surface area contributed by atoms with E-state index in [4.69, 9.17) is 4.74 Å². The molecule has 0 heterocycles. The Morgan fingerprint density at radius 1 is 1.00 bits per heavy atom. The highest BCUT2D eigenvalue weighted by Gasteiger charge is 2.21. The van der Waals surface area contributed by atoms with Crippen LogP contribution in [0.3, 0.4) is 0 Å². The van der Waals surface area contributed by atoms with Crippen molar-refractivity contribution in [2.24, 2.45) is 0 Å². The van der Waals surface area contributed by atoms with E-state index in [1.165, 1.54) is 22.5 Å². The van der Waals surface area contributed by atoms with Crippen molar-refractivity contribution in [1.29, 1.82) is 0 Å². The first kappa shape index (κ1) is 21.7. The molecule has 7 heteroatoms. The van der Waals surface area contributed by atoms with Crippen molar-refractivity contribution in [2.75, 3.05) is 25.0 Å². The van der Waals surface area contributed by atoms with Crippen LogP contribution in [0.15, 0.2) is 59.5 Å². The maximum Gasteiger partial charge on any atom is 0.248 e. The topological polar surface area (TPSA) is 75.7 Å². The molecule has 1 N–H and O–H groups in total. The maximum absolute atomic E-state index is 12.5. The van der Waals surface area contributed by atoms with Gasteiger partial charge in [-0.2, -0.15) is 4.31 Å². The smallest absolute Gasteiger partial charge is 0.248 e. The highest BCUT2D eigenvalue weighted by molar-refractivity contribution is 7.89. The predicted octanol–water partition coefficient (Wildman–Crippen LogP) is 3.77. The van der Waals surface area contributed by atoms with Gasteiger partial charge in [0.1, 0.15) is 5.75 Å². The molecular weight excluding hydrogens is 376 g/mol. The SMILES string of the molecule is CCOc1ccc(/C=C/C(=O)Nc2ccc(S(=O)(=O)N(CC)CC)cc2)cc1. The summed E-state index contributed by atoms with van der Waals surface area (Å²) in [6.07, 6.45) is 3.13. The number of sulfonamides is 1.